The zero-order chi connectivity index (χ0) is 26.5. The maximum absolute atomic E-state index is 13.3. The van der Waals surface area contributed by atoms with Gasteiger partial charge in [0, 0.05) is 5.02 Å². The molecule has 0 N–H and O–H groups in total. The predicted molar refractivity (Wildman–Crippen MR) is 138 cm³/mol. The van der Waals surface area contributed by atoms with Crippen molar-refractivity contribution in [1.29, 1.82) is 0 Å². The Labute approximate surface area is 221 Å². The van der Waals surface area contributed by atoms with Crippen molar-refractivity contribution in [3.05, 3.63) is 93.1 Å². The van der Waals surface area contributed by atoms with Gasteiger partial charge in [0.1, 0.15) is 11.6 Å². The molecule has 190 valence electrons. The van der Waals surface area contributed by atoms with Crippen molar-refractivity contribution < 1.29 is 33.0 Å². The Morgan fingerprint density at radius 1 is 1.05 bits per heavy atom. The van der Waals surface area contributed by atoms with E-state index in [0.29, 0.717) is 34.8 Å². The molecule has 3 aromatic rings. The van der Waals surface area contributed by atoms with Crippen LogP contribution in [0.1, 0.15) is 28.4 Å². The number of thioether (sulfide) groups is 1. The van der Waals surface area contributed by atoms with Crippen LogP contribution in [0, 0.1) is 5.82 Å². The van der Waals surface area contributed by atoms with Gasteiger partial charge in [0.2, 0.25) is 0 Å². The molecule has 0 bridgehead atoms. The standard InChI is InChI=1S/C27H21ClFNO6S/c1-3-35-23-12-16(4-11-22(23)36-26(32)17-6-9-20(34-2)10-7-17)13-24-25(31)30(27(33)37-24)15-18-5-8-19(29)14-21(18)28/h4-14H,3,15H2,1-2H3/b24-13-. The van der Waals surface area contributed by atoms with E-state index in [1.165, 1.54) is 19.2 Å². The van der Waals surface area contributed by atoms with Gasteiger partial charge in [-0.1, -0.05) is 23.7 Å². The first-order valence-corrected chi connectivity index (χ1v) is 12.3. The highest BCUT2D eigenvalue weighted by atomic mass is 35.5. The molecule has 0 aliphatic carbocycles. The predicted octanol–water partition coefficient (Wildman–Crippen LogP) is 6.34. The van der Waals surface area contributed by atoms with Crippen LogP contribution < -0.4 is 14.2 Å². The van der Waals surface area contributed by atoms with Crippen LogP contribution in [0.25, 0.3) is 6.08 Å². The van der Waals surface area contributed by atoms with Crippen molar-refractivity contribution in [2.24, 2.45) is 0 Å². The second kappa shape index (κ2) is 11.5. The number of hydrogen-bond donors (Lipinski definition) is 0. The average molecular weight is 542 g/mol. The molecule has 0 aromatic heterocycles. The first-order chi connectivity index (χ1) is 17.8. The molecular weight excluding hydrogens is 521 g/mol. The molecule has 4 rings (SSSR count). The minimum atomic E-state index is -0.572. The van der Waals surface area contributed by atoms with E-state index >= 15 is 0 Å². The molecule has 10 heteroatoms. The van der Waals surface area contributed by atoms with Crippen LogP contribution in [-0.4, -0.2) is 35.7 Å². The van der Waals surface area contributed by atoms with E-state index in [4.69, 9.17) is 25.8 Å². The van der Waals surface area contributed by atoms with Gasteiger partial charge in [-0.05, 0) is 84.4 Å². The van der Waals surface area contributed by atoms with Gasteiger partial charge in [0.15, 0.2) is 11.5 Å². The number of rotatable bonds is 8. The van der Waals surface area contributed by atoms with Crippen molar-refractivity contribution in [2.45, 2.75) is 13.5 Å². The molecule has 1 fully saturated rings. The quantitative estimate of drug-likeness (QED) is 0.187. The number of halogens is 2. The fourth-order valence-corrected chi connectivity index (χ4v) is 4.53. The van der Waals surface area contributed by atoms with Gasteiger partial charge in [-0.15, -0.1) is 0 Å². The lowest BCUT2D eigenvalue weighted by Gasteiger charge is -2.13. The monoisotopic (exact) mass is 541 g/mol. The van der Waals surface area contributed by atoms with E-state index in [0.717, 1.165) is 22.7 Å². The fourth-order valence-electron chi connectivity index (χ4n) is 3.46. The Hall–Kier alpha value is -3.82. The molecule has 3 aromatic carbocycles. The summed E-state index contributed by atoms with van der Waals surface area (Å²) >= 11 is 6.84. The van der Waals surface area contributed by atoms with Crippen LogP contribution in [0.3, 0.4) is 0 Å². The van der Waals surface area contributed by atoms with Gasteiger partial charge in [-0.25, -0.2) is 9.18 Å². The van der Waals surface area contributed by atoms with Crippen molar-refractivity contribution in [3.8, 4) is 17.2 Å². The summed E-state index contributed by atoms with van der Waals surface area (Å²) in [6, 6.07) is 15.1. The maximum atomic E-state index is 13.3. The van der Waals surface area contributed by atoms with Crippen molar-refractivity contribution in [3.63, 3.8) is 0 Å². The van der Waals surface area contributed by atoms with Crippen LogP contribution in [0.2, 0.25) is 5.02 Å². The van der Waals surface area contributed by atoms with Gasteiger partial charge >= 0.3 is 5.97 Å². The molecule has 0 spiro atoms. The number of methoxy groups -OCH3 is 1. The summed E-state index contributed by atoms with van der Waals surface area (Å²) in [7, 11) is 1.53. The topological polar surface area (TPSA) is 82.1 Å². The molecule has 7 nitrogen and oxygen atoms in total. The van der Waals surface area contributed by atoms with E-state index in [2.05, 4.69) is 0 Å². The number of nitrogens with zero attached hydrogens (tertiary/aromatic N) is 1. The summed E-state index contributed by atoms with van der Waals surface area (Å²) < 4.78 is 29.6. The van der Waals surface area contributed by atoms with Gasteiger partial charge in [0.05, 0.1) is 30.7 Å². The number of carbonyl (C=O) groups excluding carboxylic acids is 3. The largest absolute Gasteiger partial charge is 0.497 e. The third kappa shape index (κ3) is 6.12. The van der Waals surface area contributed by atoms with E-state index in [-0.39, 0.29) is 22.2 Å². The maximum Gasteiger partial charge on any atom is 0.343 e. The van der Waals surface area contributed by atoms with E-state index < -0.39 is 22.9 Å². The normalized spacial score (nSPS) is 14.3. The summed E-state index contributed by atoms with van der Waals surface area (Å²) in [5.41, 5.74) is 1.36. The van der Waals surface area contributed by atoms with Crippen LogP contribution in [0.4, 0.5) is 9.18 Å². The molecule has 1 heterocycles. The van der Waals surface area contributed by atoms with Crippen LogP contribution in [-0.2, 0) is 11.3 Å². The Bertz CT molecular complexity index is 1390. The minimum absolute atomic E-state index is 0.0778. The minimum Gasteiger partial charge on any atom is -0.497 e. The molecule has 2 amide bonds. The first kappa shape index (κ1) is 26.2. The molecule has 0 radical (unpaired) electrons. The van der Waals surface area contributed by atoms with Gasteiger partial charge in [-0.3, -0.25) is 14.5 Å². The first-order valence-electron chi connectivity index (χ1n) is 11.1. The second-order valence-corrected chi connectivity index (χ2v) is 9.16. The van der Waals surface area contributed by atoms with Crippen LogP contribution >= 0.6 is 23.4 Å². The summed E-state index contributed by atoms with van der Waals surface area (Å²) in [6.07, 6.45) is 1.55. The van der Waals surface area contributed by atoms with Crippen molar-refractivity contribution >= 4 is 46.6 Å². The second-order valence-electron chi connectivity index (χ2n) is 7.76. The van der Waals surface area contributed by atoms with Crippen molar-refractivity contribution in [1.82, 2.24) is 4.90 Å². The number of amides is 2. The Morgan fingerprint density at radius 2 is 1.81 bits per heavy atom. The van der Waals surface area contributed by atoms with Crippen LogP contribution in [0.5, 0.6) is 17.2 Å². The zero-order valence-corrected chi connectivity index (χ0v) is 21.4. The molecule has 1 aliphatic heterocycles. The molecule has 0 atom stereocenters. The highest BCUT2D eigenvalue weighted by Gasteiger charge is 2.35. The molecule has 0 saturated carbocycles. The SMILES string of the molecule is CCOc1cc(/C=C2\SC(=O)N(Cc3ccc(F)cc3Cl)C2=O)ccc1OC(=O)c1ccc(OC)cc1. The molecular formula is C27H21ClFNO6S. The van der Waals surface area contributed by atoms with E-state index in [9.17, 15) is 18.8 Å². The summed E-state index contributed by atoms with van der Waals surface area (Å²) in [5, 5.41) is -0.337. The molecule has 37 heavy (non-hydrogen) atoms. The van der Waals surface area contributed by atoms with E-state index in [1.807, 2.05) is 0 Å². The molecule has 1 saturated heterocycles. The zero-order valence-electron chi connectivity index (χ0n) is 19.8. The average Bonchev–Trinajstić information content (AvgIpc) is 3.14. The van der Waals surface area contributed by atoms with Gasteiger partial charge < -0.3 is 14.2 Å². The lowest BCUT2D eigenvalue weighted by atomic mass is 10.1. The highest BCUT2D eigenvalue weighted by Crippen LogP contribution is 2.36. The number of ether oxygens (including phenoxy) is 3. The number of esters is 1. The summed E-state index contributed by atoms with van der Waals surface area (Å²) in [5.74, 6) is -0.457. The summed E-state index contributed by atoms with van der Waals surface area (Å²) in [6.45, 7) is 2.02. The number of carbonyl (C=O) groups is 3. The van der Waals surface area contributed by atoms with Gasteiger partial charge in [-0.2, -0.15) is 0 Å². The lowest BCUT2D eigenvalue weighted by molar-refractivity contribution is -0.123. The fraction of sp³-hybridized carbons (Fsp3) is 0.148. The Kier molecular flexibility index (Phi) is 8.15. The van der Waals surface area contributed by atoms with E-state index in [1.54, 1.807) is 55.5 Å². The number of benzene rings is 3. The Morgan fingerprint density at radius 3 is 2.49 bits per heavy atom. The Balaban J connectivity index is 1.53. The third-order valence-electron chi connectivity index (χ3n) is 5.31. The van der Waals surface area contributed by atoms with Crippen LogP contribution in [0.15, 0.2) is 65.6 Å². The van der Waals surface area contributed by atoms with Gasteiger partial charge in [0.25, 0.3) is 11.1 Å². The summed E-state index contributed by atoms with van der Waals surface area (Å²) in [4.78, 5) is 39.3. The molecule has 0 unspecified atom stereocenters. The number of hydrogen-bond acceptors (Lipinski definition) is 7. The lowest BCUT2D eigenvalue weighted by Crippen LogP contribution is -2.27. The number of imide groups is 1. The highest BCUT2D eigenvalue weighted by molar-refractivity contribution is 8.18. The molecule has 1 aliphatic rings. The van der Waals surface area contributed by atoms with Crippen molar-refractivity contribution in [2.75, 3.05) is 13.7 Å². The smallest absolute Gasteiger partial charge is 0.343 e. The third-order valence-corrected chi connectivity index (χ3v) is 6.57.